The molecule has 2 fully saturated rings. The highest BCUT2D eigenvalue weighted by Gasteiger charge is 2.29. The fourth-order valence-corrected chi connectivity index (χ4v) is 2.39. The van der Waals surface area contributed by atoms with Crippen molar-refractivity contribution in [1.29, 1.82) is 0 Å². The summed E-state index contributed by atoms with van der Waals surface area (Å²) in [5, 5.41) is 7.13. The highest BCUT2D eigenvalue weighted by Crippen LogP contribution is 2.31. The van der Waals surface area contributed by atoms with Gasteiger partial charge in [-0.05, 0) is 31.2 Å². The summed E-state index contributed by atoms with van der Waals surface area (Å²) in [6, 6.07) is 0. The number of hydrogen-bond donors (Lipinski definition) is 1. The van der Waals surface area contributed by atoms with E-state index < -0.39 is 0 Å². The van der Waals surface area contributed by atoms with Gasteiger partial charge in [0.25, 0.3) is 0 Å². The van der Waals surface area contributed by atoms with Crippen LogP contribution in [0.25, 0.3) is 0 Å². The molecule has 4 nitrogen and oxygen atoms in total. The molecule has 1 saturated carbocycles. The fraction of sp³-hybridized carbons (Fsp3) is 0.750. The molecule has 2 heterocycles. The second kappa shape index (κ2) is 4.18. The van der Waals surface area contributed by atoms with E-state index in [1.54, 1.807) is 0 Å². The van der Waals surface area contributed by atoms with Crippen LogP contribution in [0.2, 0.25) is 0 Å². The van der Waals surface area contributed by atoms with Crippen LogP contribution in [0.5, 0.6) is 0 Å². The third-order valence-electron chi connectivity index (χ3n) is 3.55. The molecule has 1 atom stereocenters. The molecule has 0 spiro atoms. The largest absolute Gasteiger partial charge is 0.369 e. The Morgan fingerprint density at radius 2 is 2.44 bits per heavy atom. The molecule has 88 valence electrons. The quantitative estimate of drug-likeness (QED) is 0.841. The van der Waals surface area contributed by atoms with Crippen molar-refractivity contribution in [1.82, 2.24) is 15.1 Å². The molecule has 1 aliphatic carbocycles. The third-order valence-corrected chi connectivity index (χ3v) is 3.55. The summed E-state index contributed by atoms with van der Waals surface area (Å²) < 4.78 is 5.82. The van der Waals surface area contributed by atoms with Crippen LogP contribution in [0.3, 0.4) is 0 Å². The van der Waals surface area contributed by atoms with Gasteiger partial charge in [-0.1, -0.05) is 0 Å². The SMILES string of the molecule is Cc1cn[nH]c1C1CN(CC2CC2)CCO1. The number of H-pyrrole nitrogens is 1. The molecule has 3 rings (SSSR count). The lowest BCUT2D eigenvalue weighted by Crippen LogP contribution is -2.39. The molecule has 4 heteroatoms. The van der Waals surface area contributed by atoms with Crippen molar-refractivity contribution in [2.75, 3.05) is 26.2 Å². The van der Waals surface area contributed by atoms with E-state index in [4.69, 9.17) is 4.74 Å². The Hall–Kier alpha value is -0.870. The highest BCUT2D eigenvalue weighted by atomic mass is 16.5. The smallest absolute Gasteiger partial charge is 0.112 e. The average molecular weight is 221 g/mol. The molecule has 1 aliphatic heterocycles. The minimum atomic E-state index is 0.190. The van der Waals surface area contributed by atoms with Crippen LogP contribution < -0.4 is 0 Å². The van der Waals surface area contributed by atoms with Crippen molar-refractivity contribution < 1.29 is 4.74 Å². The Kier molecular flexibility index (Phi) is 2.69. The monoisotopic (exact) mass is 221 g/mol. The number of aromatic nitrogens is 2. The van der Waals surface area contributed by atoms with Gasteiger partial charge < -0.3 is 4.74 Å². The third kappa shape index (κ3) is 2.13. The fourth-order valence-electron chi connectivity index (χ4n) is 2.39. The van der Waals surface area contributed by atoms with Crippen LogP contribution in [-0.2, 0) is 4.74 Å². The first-order chi connectivity index (χ1) is 7.83. The number of nitrogens with one attached hydrogen (secondary N) is 1. The Bertz CT molecular complexity index is 359. The molecule has 0 aromatic carbocycles. The van der Waals surface area contributed by atoms with Gasteiger partial charge in [-0.2, -0.15) is 5.10 Å². The van der Waals surface area contributed by atoms with Crippen LogP contribution in [0, 0.1) is 12.8 Å². The van der Waals surface area contributed by atoms with Gasteiger partial charge >= 0.3 is 0 Å². The van der Waals surface area contributed by atoms with E-state index >= 15 is 0 Å². The lowest BCUT2D eigenvalue weighted by atomic mass is 10.1. The Morgan fingerprint density at radius 3 is 3.12 bits per heavy atom. The lowest BCUT2D eigenvalue weighted by Gasteiger charge is -2.32. The predicted octanol–water partition coefficient (Wildman–Crippen LogP) is 1.50. The summed E-state index contributed by atoms with van der Waals surface area (Å²) >= 11 is 0. The molecule has 1 saturated heterocycles. The van der Waals surface area contributed by atoms with Crippen molar-refractivity contribution in [2.45, 2.75) is 25.9 Å². The number of ether oxygens (including phenoxy) is 1. The van der Waals surface area contributed by atoms with Gasteiger partial charge in [0.1, 0.15) is 6.10 Å². The summed E-state index contributed by atoms with van der Waals surface area (Å²) in [6.07, 6.45) is 4.91. The molecule has 1 unspecified atom stereocenters. The van der Waals surface area contributed by atoms with Gasteiger partial charge in [0.2, 0.25) is 0 Å². The second-order valence-electron chi connectivity index (χ2n) is 5.03. The zero-order valence-corrected chi connectivity index (χ0v) is 9.78. The lowest BCUT2D eigenvalue weighted by molar-refractivity contribution is -0.0337. The summed E-state index contributed by atoms with van der Waals surface area (Å²) in [7, 11) is 0. The van der Waals surface area contributed by atoms with Crippen molar-refractivity contribution in [3.05, 3.63) is 17.5 Å². The van der Waals surface area contributed by atoms with Gasteiger partial charge in [0, 0.05) is 19.6 Å². The van der Waals surface area contributed by atoms with Gasteiger partial charge in [-0.3, -0.25) is 10.00 Å². The maximum atomic E-state index is 5.82. The number of rotatable bonds is 3. The second-order valence-corrected chi connectivity index (χ2v) is 5.03. The summed E-state index contributed by atoms with van der Waals surface area (Å²) in [5.74, 6) is 0.960. The molecular formula is C12H19N3O. The van der Waals surface area contributed by atoms with E-state index in [-0.39, 0.29) is 6.10 Å². The maximum Gasteiger partial charge on any atom is 0.112 e. The average Bonchev–Trinajstić information content (AvgIpc) is 2.99. The minimum absolute atomic E-state index is 0.190. The van der Waals surface area contributed by atoms with E-state index in [2.05, 4.69) is 22.0 Å². The molecule has 2 aliphatic rings. The van der Waals surface area contributed by atoms with Crippen LogP contribution >= 0.6 is 0 Å². The number of nitrogens with zero attached hydrogens (tertiary/aromatic N) is 2. The van der Waals surface area contributed by atoms with Crippen LogP contribution in [0.1, 0.15) is 30.2 Å². The van der Waals surface area contributed by atoms with E-state index in [9.17, 15) is 0 Å². The van der Waals surface area contributed by atoms with Crippen LogP contribution in [0.4, 0.5) is 0 Å². The molecule has 1 aromatic heterocycles. The molecule has 0 radical (unpaired) electrons. The number of aromatic amines is 1. The van der Waals surface area contributed by atoms with Crippen molar-refractivity contribution in [2.24, 2.45) is 5.92 Å². The zero-order valence-electron chi connectivity index (χ0n) is 9.78. The van der Waals surface area contributed by atoms with E-state index in [1.807, 2.05) is 6.20 Å². The molecule has 16 heavy (non-hydrogen) atoms. The standard InChI is InChI=1S/C12H19N3O/c1-9-6-13-14-12(9)11-8-15(4-5-16-11)7-10-2-3-10/h6,10-11H,2-5,7-8H2,1H3,(H,13,14). The topological polar surface area (TPSA) is 41.2 Å². The summed E-state index contributed by atoms with van der Waals surface area (Å²) in [4.78, 5) is 2.53. The first-order valence-corrected chi connectivity index (χ1v) is 6.17. The highest BCUT2D eigenvalue weighted by molar-refractivity contribution is 5.17. The first-order valence-electron chi connectivity index (χ1n) is 6.17. The van der Waals surface area contributed by atoms with Gasteiger partial charge in [0.15, 0.2) is 0 Å². The summed E-state index contributed by atoms with van der Waals surface area (Å²) in [5.41, 5.74) is 2.36. The van der Waals surface area contributed by atoms with Gasteiger partial charge in [0.05, 0.1) is 18.5 Å². The number of aryl methyl sites for hydroxylation is 1. The summed E-state index contributed by atoms with van der Waals surface area (Å²) in [6.45, 7) is 6.28. The van der Waals surface area contributed by atoms with Crippen molar-refractivity contribution in [3.63, 3.8) is 0 Å². The van der Waals surface area contributed by atoms with Gasteiger partial charge in [-0.25, -0.2) is 0 Å². The Labute approximate surface area is 96.0 Å². The maximum absolute atomic E-state index is 5.82. The minimum Gasteiger partial charge on any atom is -0.369 e. The molecule has 0 bridgehead atoms. The number of morpholine rings is 1. The first kappa shape index (κ1) is 10.3. The normalized spacial score (nSPS) is 27.2. The molecular weight excluding hydrogens is 202 g/mol. The van der Waals surface area contributed by atoms with Crippen molar-refractivity contribution >= 4 is 0 Å². The van der Waals surface area contributed by atoms with Gasteiger partial charge in [-0.15, -0.1) is 0 Å². The molecule has 1 aromatic rings. The van der Waals surface area contributed by atoms with E-state index in [0.29, 0.717) is 0 Å². The van der Waals surface area contributed by atoms with E-state index in [1.165, 1.54) is 24.9 Å². The molecule has 1 N–H and O–H groups in total. The molecule has 0 amide bonds. The van der Waals surface area contributed by atoms with Crippen LogP contribution in [0.15, 0.2) is 6.20 Å². The van der Waals surface area contributed by atoms with Crippen molar-refractivity contribution in [3.8, 4) is 0 Å². The zero-order chi connectivity index (χ0) is 11.0. The number of hydrogen-bond acceptors (Lipinski definition) is 3. The van der Waals surface area contributed by atoms with E-state index in [0.717, 1.165) is 31.3 Å². The van der Waals surface area contributed by atoms with Crippen LogP contribution in [-0.4, -0.2) is 41.3 Å². The predicted molar refractivity (Wildman–Crippen MR) is 61.2 cm³/mol. The Morgan fingerprint density at radius 1 is 1.56 bits per heavy atom. The Balaban J connectivity index is 1.64.